The van der Waals surface area contributed by atoms with E-state index in [0.717, 1.165) is 22.3 Å². The summed E-state index contributed by atoms with van der Waals surface area (Å²) in [5, 5.41) is 4.48. The van der Waals surface area contributed by atoms with E-state index in [-0.39, 0.29) is 12.3 Å². The Hall–Kier alpha value is -3.32. The van der Waals surface area contributed by atoms with Gasteiger partial charge in [-0.05, 0) is 48.9 Å². The van der Waals surface area contributed by atoms with Gasteiger partial charge in [0.15, 0.2) is 0 Å². The predicted molar refractivity (Wildman–Crippen MR) is 112 cm³/mol. The fourth-order valence-corrected chi connectivity index (χ4v) is 3.50. The van der Waals surface area contributed by atoms with Gasteiger partial charge in [0.1, 0.15) is 5.82 Å². The van der Waals surface area contributed by atoms with Crippen molar-refractivity contribution in [2.24, 2.45) is 0 Å². The number of aromatic nitrogens is 3. The van der Waals surface area contributed by atoms with Crippen molar-refractivity contribution < 1.29 is 9.13 Å². The molecule has 29 heavy (non-hydrogen) atoms. The lowest BCUT2D eigenvalue weighted by atomic mass is 10.2. The number of benzene rings is 2. The molecule has 2 aromatic carbocycles. The molecule has 4 rings (SSSR count). The van der Waals surface area contributed by atoms with Gasteiger partial charge in [-0.15, -0.1) is 0 Å². The molecule has 0 aliphatic carbocycles. The highest BCUT2D eigenvalue weighted by molar-refractivity contribution is 6.30. The van der Waals surface area contributed by atoms with Crippen LogP contribution in [0.15, 0.2) is 53.5 Å². The average Bonchev–Trinajstić information content (AvgIpc) is 3.04. The molecule has 4 aromatic rings. The first-order chi connectivity index (χ1) is 13.9. The Morgan fingerprint density at radius 1 is 1.28 bits per heavy atom. The Morgan fingerprint density at radius 2 is 2.10 bits per heavy atom. The van der Waals surface area contributed by atoms with Crippen LogP contribution in [0.2, 0.25) is 5.02 Å². The molecular formula is C21H18ClFN4O2. The monoisotopic (exact) mass is 412 g/mol. The molecule has 0 unspecified atom stereocenters. The zero-order valence-electron chi connectivity index (χ0n) is 15.8. The Balaban J connectivity index is 1.79. The Kier molecular flexibility index (Phi) is 4.98. The minimum absolute atomic E-state index is 0.0914. The van der Waals surface area contributed by atoms with Crippen LogP contribution < -0.4 is 15.6 Å². The van der Waals surface area contributed by atoms with Gasteiger partial charge in [0.05, 0.1) is 25.5 Å². The largest absolute Gasteiger partial charge is 0.490 e. The molecule has 2 heterocycles. The second-order valence-electron chi connectivity index (χ2n) is 6.69. The molecule has 0 bridgehead atoms. The number of nitrogens with zero attached hydrogens (tertiary/aromatic N) is 2. The summed E-state index contributed by atoms with van der Waals surface area (Å²) in [5.41, 5.74) is 2.90. The summed E-state index contributed by atoms with van der Waals surface area (Å²) in [6.07, 6.45) is 1.54. The number of aryl methyl sites for hydroxylation is 1. The van der Waals surface area contributed by atoms with Gasteiger partial charge in [0.25, 0.3) is 0 Å². The van der Waals surface area contributed by atoms with Gasteiger partial charge in [-0.1, -0.05) is 17.7 Å². The fourth-order valence-electron chi connectivity index (χ4n) is 3.26. The fraction of sp³-hybridized carbons (Fsp3) is 0.143. The van der Waals surface area contributed by atoms with Crippen molar-refractivity contribution >= 4 is 34.1 Å². The lowest BCUT2D eigenvalue weighted by molar-refractivity contribution is 0.402. The normalized spacial score (nSPS) is 11.0. The summed E-state index contributed by atoms with van der Waals surface area (Å²) in [6.45, 7) is 2.21. The van der Waals surface area contributed by atoms with Gasteiger partial charge in [0, 0.05) is 21.6 Å². The zero-order chi connectivity index (χ0) is 20.5. The van der Waals surface area contributed by atoms with Crippen molar-refractivity contribution in [1.29, 1.82) is 0 Å². The molecule has 0 fully saturated rings. The van der Waals surface area contributed by atoms with Crippen molar-refractivity contribution in [3.05, 3.63) is 81.1 Å². The van der Waals surface area contributed by atoms with Crippen LogP contribution in [0.5, 0.6) is 5.75 Å². The van der Waals surface area contributed by atoms with Gasteiger partial charge >= 0.3 is 5.56 Å². The van der Waals surface area contributed by atoms with E-state index in [1.54, 1.807) is 16.8 Å². The van der Waals surface area contributed by atoms with E-state index in [9.17, 15) is 9.18 Å². The molecule has 8 heteroatoms. The van der Waals surface area contributed by atoms with Crippen LogP contribution in [-0.4, -0.2) is 21.6 Å². The molecule has 148 valence electrons. The smallest absolute Gasteiger partial charge is 0.316 e. The zero-order valence-corrected chi connectivity index (χ0v) is 16.5. The van der Waals surface area contributed by atoms with Crippen LogP contribution in [0, 0.1) is 12.7 Å². The number of hydrogen-bond donors (Lipinski definition) is 2. The number of rotatable bonds is 5. The van der Waals surface area contributed by atoms with Crippen LogP contribution in [-0.2, 0) is 6.54 Å². The summed E-state index contributed by atoms with van der Waals surface area (Å²) in [4.78, 5) is 19.7. The third kappa shape index (κ3) is 3.95. The maximum atomic E-state index is 13.8. The third-order valence-electron chi connectivity index (χ3n) is 4.50. The molecule has 0 atom stereocenters. The SMILES string of the molecule is COc1cn(Cc2cc(F)cc(Cl)c2)c(Nc2cccc3[nH]c(C)cc23)nc1=O. The first-order valence-electron chi connectivity index (χ1n) is 8.89. The number of aromatic amines is 1. The van der Waals surface area contributed by atoms with Crippen molar-refractivity contribution in [2.75, 3.05) is 12.4 Å². The first kappa shape index (κ1) is 19.0. The number of ether oxygens (including phenoxy) is 1. The molecule has 0 amide bonds. The Morgan fingerprint density at radius 3 is 2.86 bits per heavy atom. The number of methoxy groups -OCH3 is 1. The summed E-state index contributed by atoms with van der Waals surface area (Å²) in [5.74, 6) is -0.0353. The first-order valence-corrected chi connectivity index (χ1v) is 9.26. The highest BCUT2D eigenvalue weighted by atomic mass is 35.5. The maximum absolute atomic E-state index is 13.8. The summed E-state index contributed by atoms with van der Waals surface area (Å²) in [6, 6.07) is 12.1. The molecule has 0 aliphatic heterocycles. The van der Waals surface area contributed by atoms with E-state index >= 15 is 0 Å². The van der Waals surface area contributed by atoms with E-state index in [1.807, 2.05) is 31.2 Å². The van der Waals surface area contributed by atoms with E-state index in [4.69, 9.17) is 16.3 Å². The van der Waals surface area contributed by atoms with Crippen LogP contribution >= 0.6 is 11.6 Å². The number of nitrogens with one attached hydrogen (secondary N) is 2. The molecule has 0 radical (unpaired) electrons. The number of H-pyrrole nitrogens is 1. The number of fused-ring (bicyclic) bond motifs is 1. The number of hydrogen-bond acceptors (Lipinski definition) is 4. The predicted octanol–water partition coefficient (Wildman–Crippen LogP) is 4.63. The van der Waals surface area contributed by atoms with Gasteiger partial charge in [-0.2, -0.15) is 4.98 Å². The van der Waals surface area contributed by atoms with E-state index in [0.29, 0.717) is 16.5 Å². The van der Waals surface area contributed by atoms with Gasteiger partial charge < -0.3 is 19.6 Å². The third-order valence-corrected chi connectivity index (χ3v) is 4.72. The standard InChI is InChI=1S/C21H18ClFN4O2/c1-12-6-16-17(24-12)4-3-5-18(16)25-21-26-20(28)19(29-2)11-27(21)10-13-7-14(22)9-15(23)8-13/h3-9,11,24H,10H2,1-2H3,(H,25,26,28). The molecule has 0 saturated carbocycles. The second kappa shape index (κ2) is 7.60. The van der Waals surface area contributed by atoms with Gasteiger partial charge in [0.2, 0.25) is 11.7 Å². The topological polar surface area (TPSA) is 71.9 Å². The average molecular weight is 413 g/mol. The minimum Gasteiger partial charge on any atom is -0.490 e. The van der Waals surface area contributed by atoms with Crippen LogP contribution in [0.3, 0.4) is 0 Å². The van der Waals surface area contributed by atoms with Gasteiger partial charge in [-0.3, -0.25) is 4.79 Å². The summed E-state index contributed by atoms with van der Waals surface area (Å²) >= 11 is 5.98. The lowest BCUT2D eigenvalue weighted by Gasteiger charge is -2.16. The molecule has 0 spiro atoms. The van der Waals surface area contributed by atoms with Gasteiger partial charge in [-0.25, -0.2) is 4.39 Å². The van der Waals surface area contributed by atoms with Crippen LogP contribution in [0.4, 0.5) is 16.0 Å². The molecule has 2 N–H and O–H groups in total. The lowest BCUT2D eigenvalue weighted by Crippen LogP contribution is -2.18. The highest BCUT2D eigenvalue weighted by Gasteiger charge is 2.12. The van der Waals surface area contributed by atoms with Crippen LogP contribution in [0.1, 0.15) is 11.3 Å². The van der Waals surface area contributed by atoms with Crippen molar-refractivity contribution in [3.8, 4) is 5.75 Å². The van der Waals surface area contributed by atoms with E-state index in [2.05, 4.69) is 15.3 Å². The summed E-state index contributed by atoms with van der Waals surface area (Å²) < 4.78 is 20.6. The molecule has 2 aromatic heterocycles. The minimum atomic E-state index is -0.499. The molecule has 0 saturated heterocycles. The molecule has 0 aliphatic rings. The second-order valence-corrected chi connectivity index (χ2v) is 7.12. The highest BCUT2D eigenvalue weighted by Crippen LogP contribution is 2.27. The maximum Gasteiger partial charge on any atom is 0.316 e. The van der Waals surface area contributed by atoms with E-state index in [1.165, 1.54) is 19.2 Å². The van der Waals surface area contributed by atoms with Crippen LogP contribution in [0.25, 0.3) is 10.9 Å². The summed E-state index contributed by atoms with van der Waals surface area (Å²) in [7, 11) is 1.40. The number of anilines is 2. The molecule has 6 nitrogen and oxygen atoms in total. The Bertz CT molecular complexity index is 1250. The van der Waals surface area contributed by atoms with Crippen molar-refractivity contribution in [2.45, 2.75) is 13.5 Å². The van der Waals surface area contributed by atoms with E-state index < -0.39 is 11.4 Å². The molecular weight excluding hydrogens is 395 g/mol. The van der Waals surface area contributed by atoms with Crippen molar-refractivity contribution in [1.82, 2.24) is 14.5 Å². The van der Waals surface area contributed by atoms with Crippen molar-refractivity contribution in [3.63, 3.8) is 0 Å². The quantitative estimate of drug-likeness (QED) is 0.501. The number of halogens is 2. The Labute approximate surface area is 170 Å².